The van der Waals surface area contributed by atoms with E-state index in [1.807, 2.05) is 30.7 Å². The summed E-state index contributed by atoms with van der Waals surface area (Å²) in [6.07, 6.45) is 4.92. The number of aryl methyl sites for hydroxylation is 1. The van der Waals surface area contributed by atoms with Crippen LogP contribution >= 0.6 is 0 Å². The molecule has 6 aromatic rings. The van der Waals surface area contributed by atoms with Crippen molar-refractivity contribution < 1.29 is 5.11 Å². The van der Waals surface area contributed by atoms with Crippen molar-refractivity contribution in [1.29, 1.82) is 0 Å². The van der Waals surface area contributed by atoms with Crippen LogP contribution in [0.3, 0.4) is 0 Å². The number of hydrogen-bond acceptors (Lipinski definition) is 2. The summed E-state index contributed by atoms with van der Waals surface area (Å²) in [5, 5.41) is 14.8. The fourth-order valence-electron chi connectivity index (χ4n) is 6.22. The van der Waals surface area contributed by atoms with Crippen LogP contribution in [-0.2, 0) is 17.6 Å². The molecule has 1 atom stereocenters. The predicted molar refractivity (Wildman–Crippen MR) is 168 cm³/mol. The number of rotatable bonds is 8. The maximum atomic E-state index is 12.5. The van der Waals surface area contributed by atoms with Crippen LogP contribution in [0.15, 0.2) is 140 Å². The van der Waals surface area contributed by atoms with Crippen molar-refractivity contribution in [2.24, 2.45) is 5.92 Å². The zero-order valence-corrected chi connectivity index (χ0v) is 23.9. The smallest absolute Gasteiger partial charge is 0.135 e. The van der Waals surface area contributed by atoms with E-state index in [2.05, 4.69) is 135 Å². The maximum Gasteiger partial charge on any atom is 0.135 e. The third-order valence-electron chi connectivity index (χ3n) is 8.52. The second kappa shape index (κ2) is 10.8. The average Bonchev–Trinajstić information content (AvgIpc) is 3.53. The van der Waals surface area contributed by atoms with Gasteiger partial charge in [-0.25, -0.2) is 4.98 Å². The lowest BCUT2D eigenvalue weighted by Crippen LogP contribution is -2.37. The van der Waals surface area contributed by atoms with Gasteiger partial charge in [0.05, 0.1) is 12.0 Å². The quantitative estimate of drug-likeness (QED) is 0.199. The van der Waals surface area contributed by atoms with Gasteiger partial charge in [0.1, 0.15) is 11.1 Å². The van der Waals surface area contributed by atoms with Crippen LogP contribution in [0.5, 0.6) is 0 Å². The second-order valence-corrected chi connectivity index (χ2v) is 11.1. The third kappa shape index (κ3) is 4.47. The summed E-state index contributed by atoms with van der Waals surface area (Å²) < 4.78 is 2.17. The van der Waals surface area contributed by atoms with Crippen molar-refractivity contribution in [2.75, 3.05) is 0 Å². The summed E-state index contributed by atoms with van der Waals surface area (Å²) in [5.41, 5.74) is 4.17. The molecule has 0 saturated heterocycles. The van der Waals surface area contributed by atoms with Gasteiger partial charge in [0, 0.05) is 6.20 Å². The Morgan fingerprint density at radius 1 is 0.659 bits per heavy atom. The molecular weight excluding hydrogens is 500 g/mol. The molecule has 0 radical (unpaired) electrons. The molecule has 0 amide bonds. The summed E-state index contributed by atoms with van der Waals surface area (Å²) in [5.74, 6) is -0.113. The first-order valence-electron chi connectivity index (χ1n) is 14.4. The molecule has 0 saturated carbocycles. The van der Waals surface area contributed by atoms with E-state index in [1.165, 1.54) is 10.9 Å². The van der Waals surface area contributed by atoms with Crippen LogP contribution in [0.1, 0.15) is 54.3 Å². The Kier molecular flexibility index (Phi) is 7.07. The van der Waals surface area contributed by atoms with Gasteiger partial charge in [0.25, 0.3) is 0 Å². The molecule has 41 heavy (non-hydrogen) atoms. The summed E-state index contributed by atoms with van der Waals surface area (Å²) in [4.78, 5) is 4.95. The Labute approximate surface area is 242 Å². The number of benzene rings is 5. The van der Waals surface area contributed by atoms with Crippen molar-refractivity contribution in [3.05, 3.63) is 173 Å². The van der Waals surface area contributed by atoms with Crippen LogP contribution in [0.25, 0.3) is 10.8 Å². The molecule has 0 aliphatic carbocycles. The largest absolute Gasteiger partial charge is 0.378 e. The number of aromatic nitrogens is 2. The SMILES string of the molecule is CCc1ccc2cc(C(O)(c3cn(C(c4ccccc4)(c4ccccc4)c4ccccc4)cn3)C(C)C)ccc2c1. The minimum absolute atomic E-state index is 0.113. The minimum atomic E-state index is -1.28. The van der Waals surface area contributed by atoms with Gasteiger partial charge in [-0.15, -0.1) is 0 Å². The second-order valence-electron chi connectivity index (χ2n) is 11.1. The van der Waals surface area contributed by atoms with Gasteiger partial charge in [0.15, 0.2) is 0 Å². The molecule has 1 aromatic heterocycles. The molecule has 204 valence electrons. The van der Waals surface area contributed by atoms with Crippen LogP contribution in [0.4, 0.5) is 0 Å². The highest BCUT2D eigenvalue weighted by Crippen LogP contribution is 2.43. The Balaban J connectivity index is 1.57. The molecule has 0 spiro atoms. The third-order valence-corrected chi connectivity index (χ3v) is 8.52. The summed E-state index contributed by atoms with van der Waals surface area (Å²) >= 11 is 0. The molecule has 1 unspecified atom stereocenters. The first-order valence-corrected chi connectivity index (χ1v) is 14.4. The minimum Gasteiger partial charge on any atom is -0.378 e. The topological polar surface area (TPSA) is 38.0 Å². The number of hydrogen-bond donors (Lipinski definition) is 1. The predicted octanol–water partition coefficient (Wildman–Crippen LogP) is 8.33. The van der Waals surface area contributed by atoms with Gasteiger partial charge >= 0.3 is 0 Å². The molecule has 6 rings (SSSR count). The van der Waals surface area contributed by atoms with E-state index in [-0.39, 0.29) is 5.92 Å². The standard InChI is InChI=1S/C38H36N2O/c1-4-29-20-21-31-25-35(23-22-30(31)24-29)38(41,28(2)3)36-26-40(27-39-36)37(32-14-8-5-9-15-32,33-16-10-6-11-17-33)34-18-12-7-13-19-34/h5-28,41H,4H2,1-3H3. The van der Waals surface area contributed by atoms with Crippen molar-refractivity contribution in [3.8, 4) is 0 Å². The Morgan fingerprint density at radius 3 is 1.68 bits per heavy atom. The van der Waals surface area contributed by atoms with E-state index in [1.54, 1.807) is 0 Å². The van der Waals surface area contributed by atoms with E-state index in [4.69, 9.17) is 4.98 Å². The molecule has 0 aliphatic heterocycles. The highest BCUT2D eigenvalue weighted by Gasteiger charge is 2.42. The van der Waals surface area contributed by atoms with E-state index in [0.29, 0.717) is 5.69 Å². The monoisotopic (exact) mass is 536 g/mol. The molecule has 5 aromatic carbocycles. The van der Waals surface area contributed by atoms with Crippen LogP contribution in [-0.4, -0.2) is 14.7 Å². The molecule has 0 fully saturated rings. The summed E-state index contributed by atoms with van der Waals surface area (Å²) in [7, 11) is 0. The van der Waals surface area contributed by atoms with Crippen molar-refractivity contribution in [1.82, 2.24) is 9.55 Å². The van der Waals surface area contributed by atoms with Gasteiger partial charge in [-0.3, -0.25) is 0 Å². The normalized spacial score (nSPS) is 13.4. The van der Waals surface area contributed by atoms with E-state index >= 15 is 0 Å². The van der Waals surface area contributed by atoms with E-state index < -0.39 is 11.1 Å². The van der Waals surface area contributed by atoms with Crippen LogP contribution < -0.4 is 0 Å². The Hall–Kier alpha value is -4.47. The molecule has 1 heterocycles. The van der Waals surface area contributed by atoms with Gasteiger partial charge < -0.3 is 9.67 Å². The van der Waals surface area contributed by atoms with Crippen molar-refractivity contribution in [2.45, 2.75) is 38.3 Å². The van der Waals surface area contributed by atoms with Gasteiger partial charge in [0.2, 0.25) is 0 Å². The van der Waals surface area contributed by atoms with Crippen LogP contribution in [0, 0.1) is 5.92 Å². The highest BCUT2D eigenvalue weighted by atomic mass is 16.3. The van der Waals surface area contributed by atoms with Gasteiger partial charge in [-0.2, -0.15) is 0 Å². The van der Waals surface area contributed by atoms with E-state index in [9.17, 15) is 5.11 Å². The number of nitrogens with zero attached hydrogens (tertiary/aromatic N) is 2. The summed E-state index contributed by atoms with van der Waals surface area (Å²) in [6.45, 7) is 6.29. The van der Waals surface area contributed by atoms with Gasteiger partial charge in [-0.05, 0) is 57.0 Å². The van der Waals surface area contributed by atoms with Crippen LogP contribution in [0.2, 0.25) is 0 Å². The fraction of sp³-hybridized carbons (Fsp3) is 0.184. The number of aliphatic hydroxyl groups is 1. The Morgan fingerprint density at radius 2 is 1.17 bits per heavy atom. The van der Waals surface area contributed by atoms with Crippen molar-refractivity contribution >= 4 is 10.8 Å². The maximum absolute atomic E-state index is 12.5. The Bertz CT molecular complexity index is 1660. The number of fused-ring (bicyclic) bond motifs is 1. The van der Waals surface area contributed by atoms with E-state index in [0.717, 1.165) is 34.1 Å². The molecule has 1 N–H and O–H groups in total. The molecule has 3 nitrogen and oxygen atoms in total. The fourth-order valence-corrected chi connectivity index (χ4v) is 6.22. The van der Waals surface area contributed by atoms with Crippen molar-refractivity contribution in [3.63, 3.8) is 0 Å². The lowest BCUT2D eigenvalue weighted by molar-refractivity contribution is 0.0279. The lowest BCUT2D eigenvalue weighted by Gasteiger charge is -2.37. The zero-order valence-electron chi connectivity index (χ0n) is 23.9. The first-order chi connectivity index (χ1) is 20.0. The van der Waals surface area contributed by atoms with Gasteiger partial charge in [-0.1, -0.05) is 142 Å². The molecule has 0 bridgehead atoms. The average molecular weight is 537 g/mol. The molecule has 3 heteroatoms. The zero-order chi connectivity index (χ0) is 28.5. The molecular formula is C38H36N2O. The number of imidazole rings is 1. The lowest BCUT2D eigenvalue weighted by atomic mass is 9.76. The molecule has 0 aliphatic rings. The highest BCUT2D eigenvalue weighted by molar-refractivity contribution is 5.84. The first kappa shape index (κ1) is 26.7. The summed E-state index contributed by atoms with van der Waals surface area (Å²) in [6, 6.07) is 44.5.